The molecule has 1 aromatic carbocycles. The minimum Gasteiger partial charge on any atom is -0.395 e. The van der Waals surface area contributed by atoms with Gasteiger partial charge in [-0.25, -0.2) is 4.98 Å². The summed E-state index contributed by atoms with van der Waals surface area (Å²) in [6.45, 7) is 8.10. The van der Waals surface area contributed by atoms with Crippen LogP contribution in [0.2, 0.25) is 5.15 Å². The second kappa shape index (κ2) is 5.71. The first kappa shape index (κ1) is 18.3. The summed E-state index contributed by atoms with van der Waals surface area (Å²) >= 11 is 6.23. The highest BCUT2D eigenvalue weighted by Gasteiger charge is 2.56. The number of hydrogen-bond donors (Lipinski definition) is 1. The maximum absolute atomic E-state index is 13.3. The zero-order chi connectivity index (χ0) is 19.6. The van der Waals surface area contributed by atoms with Gasteiger partial charge in [-0.2, -0.15) is 0 Å². The number of aryl methyl sites for hydroxylation is 1. The average Bonchev–Trinajstić information content (AvgIpc) is 3.30. The van der Waals surface area contributed by atoms with Gasteiger partial charge in [0.25, 0.3) is 0 Å². The third-order valence-electron chi connectivity index (χ3n) is 5.81. The first-order valence-corrected chi connectivity index (χ1v) is 9.23. The lowest BCUT2D eigenvalue weighted by molar-refractivity contribution is -0.286. The van der Waals surface area contributed by atoms with Gasteiger partial charge in [0.05, 0.1) is 0 Å². The van der Waals surface area contributed by atoms with Crippen LogP contribution in [0, 0.1) is 13.8 Å². The van der Waals surface area contributed by atoms with Crippen molar-refractivity contribution in [3.63, 3.8) is 0 Å². The third-order valence-corrected chi connectivity index (χ3v) is 6.18. The van der Waals surface area contributed by atoms with E-state index in [0.29, 0.717) is 11.0 Å². The number of rotatable bonds is 4. The lowest BCUT2D eigenvalue weighted by Gasteiger charge is -2.37. The molecule has 4 rings (SSSR count). The van der Waals surface area contributed by atoms with Crippen LogP contribution >= 0.6 is 11.6 Å². The predicted octanol–water partition coefficient (Wildman–Crippen LogP) is 5.60. The van der Waals surface area contributed by atoms with Crippen LogP contribution in [0.4, 0.5) is 14.6 Å². The summed E-state index contributed by atoms with van der Waals surface area (Å²) in [7, 11) is 0. The van der Waals surface area contributed by atoms with E-state index in [-0.39, 0.29) is 22.5 Å². The van der Waals surface area contributed by atoms with Crippen LogP contribution in [0.15, 0.2) is 24.3 Å². The summed E-state index contributed by atoms with van der Waals surface area (Å²) in [4.78, 5) is 4.44. The second-order valence-electron chi connectivity index (χ2n) is 7.90. The molecule has 0 unspecified atom stereocenters. The van der Waals surface area contributed by atoms with Crippen molar-refractivity contribution in [3.8, 4) is 11.5 Å². The van der Waals surface area contributed by atoms with Crippen LogP contribution in [-0.2, 0) is 5.41 Å². The number of benzene rings is 1. The van der Waals surface area contributed by atoms with Gasteiger partial charge in [0.15, 0.2) is 11.5 Å². The molecule has 0 amide bonds. The fourth-order valence-corrected chi connectivity index (χ4v) is 4.09. The van der Waals surface area contributed by atoms with E-state index >= 15 is 0 Å². The molecule has 1 fully saturated rings. The maximum Gasteiger partial charge on any atom is 0.586 e. The number of pyridine rings is 1. The standard InChI is InChI=1S/C20H21ClF2N2O2/c1-11-9-16(24-17(21)12(11)2)25-18(3,4)19(7-8-19)13-5-6-14-15(10-13)27-20(22,23)26-14/h5-6,9-10H,7-8H2,1-4H3,(H,24,25). The van der Waals surface area contributed by atoms with E-state index in [0.717, 1.165) is 29.5 Å². The van der Waals surface area contributed by atoms with Crippen molar-refractivity contribution in [2.45, 2.75) is 57.8 Å². The minimum absolute atomic E-state index is 0.0629. The van der Waals surface area contributed by atoms with Gasteiger partial charge >= 0.3 is 6.29 Å². The molecule has 1 N–H and O–H groups in total. The fourth-order valence-electron chi connectivity index (χ4n) is 3.85. The summed E-state index contributed by atoms with van der Waals surface area (Å²) in [5.74, 6) is 0.839. The number of nitrogens with zero attached hydrogens (tertiary/aromatic N) is 1. The Bertz CT molecular complexity index is 903. The van der Waals surface area contributed by atoms with Crippen molar-refractivity contribution in [1.29, 1.82) is 0 Å². The highest BCUT2D eigenvalue weighted by molar-refractivity contribution is 6.30. The average molecular weight is 395 g/mol. The van der Waals surface area contributed by atoms with Crippen LogP contribution in [-0.4, -0.2) is 16.8 Å². The van der Waals surface area contributed by atoms with Gasteiger partial charge in [-0.05, 0) is 75.4 Å². The first-order valence-electron chi connectivity index (χ1n) is 8.85. The zero-order valence-electron chi connectivity index (χ0n) is 15.6. The molecule has 0 saturated heterocycles. The van der Waals surface area contributed by atoms with Crippen molar-refractivity contribution in [2.75, 3.05) is 5.32 Å². The number of aromatic nitrogens is 1. The van der Waals surface area contributed by atoms with Gasteiger partial charge in [0.1, 0.15) is 11.0 Å². The van der Waals surface area contributed by atoms with Crippen LogP contribution in [0.25, 0.3) is 0 Å². The van der Waals surface area contributed by atoms with Crippen LogP contribution < -0.4 is 14.8 Å². The summed E-state index contributed by atoms with van der Waals surface area (Å²) in [5.41, 5.74) is 2.37. The smallest absolute Gasteiger partial charge is 0.395 e. The molecule has 4 nitrogen and oxygen atoms in total. The number of nitrogens with one attached hydrogen (secondary N) is 1. The molecule has 1 aliphatic heterocycles. The zero-order valence-corrected chi connectivity index (χ0v) is 16.4. The normalized spacial score (nSPS) is 19.1. The van der Waals surface area contributed by atoms with Gasteiger partial charge in [0, 0.05) is 11.0 Å². The summed E-state index contributed by atoms with van der Waals surface area (Å²) in [6, 6.07) is 7.01. The molecule has 0 radical (unpaired) electrons. The quantitative estimate of drug-likeness (QED) is 0.686. The number of alkyl halides is 2. The number of hydrogen-bond acceptors (Lipinski definition) is 4. The van der Waals surface area contributed by atoms with Crippen LogP contribution in [0.1, 0.15) is 43.4 Å². The molecule has 2 aliphatic rings. The Kier molecular flexibility index (Phi) is 3.87. The topological polar surface area (TPSA) is 43.4 Å². The van der Waals surface area contributed by atoms with Crippen molar-refractivity contribution in [1.82, 2.24) is 4.98 Å². The molecular weight excluding hydrogens is 374 g/mol. The van der Waals surface area contributed by atoms with E-state index in [4.69, 9.17) is 11.6 Å². The molecule has 1 saturated carbocycles. The van der Waals surface area contributed by atoms with Crippen molar-refractivity contribution < 1.29 is 18.3 Å². The molecule has 2 aromatic rings. The van der Waals surface area contributed by atoms with E-state index in [1.807, 2.05) is 26.0 Å². The van der Waals surface area contributed by atoms with Crippen LogP contribution in [0.3, 0.4) is 0 Å². The molecule has 0 atom stereocenters. The Labute approximate surface area is 161 Å². The molecular formula is C20H21ClF2N2O2. The monoisotopic (exact) mass is 394 g/mol. The molecule has 144 valence electrons. The van der Waals surface area contributed by atoms with Gasteiger partial charge in [-0.3, -0.25) is 0 Å². The largest absolute Gasteiger partial charge is 0.586 e. The summed E-state index contributed by atoms with van der Waals surface area (Å²) in [5, 5.41) is 3.97. The predicted molar refractivity (Wildman–Crippen MR) is 100.0 cm³/mol. The van der Waals surface area contributed by atoms with E-state index in [2.05, 4.69) is 33.6 Å². The van der Waals surface area contributed by atoms with Crippen LogP contribution in [0.5, 0.6) is 11.5 Å². The van der Waals surface area contributed by atoms with E-state index in [1.54, 1.807) is 12.1 Å². The molecule has 0 spiro atoms. The minimum atomic E-state index is -3.61. The summed E-state index contributed by atoms with van der Waals surface area (Å²) < 4.78 is 35.8. The van der Waals surface area contributed by atoms with Gasteiger partial charge in [-0.1, -0.05) is 17.7 Å². The molecule has 7 heteroatoms. The lowest BCUT2D eigenvalue weighted by Crippen LogP contribution is -2.44. The Morgan fingerprint density at radius 3 is 2.41 bits per heavy atom. The Morgan fingerprint density at radius 1 is 1.11 bits per heavy atom. The van der Waals surface area contributed by atoms with Gasteiger partial charge < -0.3 is 14.8 Å². The Balaban J connectivity index is 1.64. The Morgan fingerprint density at radius 2 is 1.78 bits per heavy atom. The molecule has 27 heavy (non-hydrogen) atoms. The van der Waals surface area contributed by atoms with Gasteiger partial charge in [-0.15, -0.1) is 8.78 Å². The third kappa shape index (κ3) is 3.00. The van der Waals surface area contributed by atoms with E-state index in [1.165, 1.54) is 0 Å². The molecule has 2 heterocycles. The summed E-state index contributed by atoms with van der Waals surface area (Å²) in [6.07, 6.45) is -1.74. The highest BCUT2D eigenvalue weighted by atomic mass is 35.5. The van der Waals surface area contributed by atoms with Crippen molar-refractivity contribution >= 4 is 17.4 Å². The Hall–Kier alpha value is -2.08. The fraction of sp³-hybridized carbons (Fsp3) is 0.450. The molecule has 1 aromatic heterocycles. The van der Waals surface area contributed by atoms with E-state index in [9.17, 15) is 8.78 Å². The second-order valence-corrected chi connectivity index (χ2v) is 8.26. The van der Waals surface area contributed by atoms with E-state index < -0.39 is 6.29 Å². The highest BCUT2D eigenvalue weighted by Crippen LogP contribution is 2.58. The number of anilines is 1. The first-order chi connectivity index (χ1) is 12.5. The number of ether oxygens (including phenoxy) is 2. The number of halogens is 3. The lowest BCUT2D eigenvalue weighted by atomic mass is 9.78. The maximum atomic E-state index is 13.3. The van der Waals surface area contributed by atoms with Crippen molar-refractivity contribution in [3.05, 3.63) is 46.1 Å². The molecule has 1 aliphatic carbocycles. The van der Waals surface area contributed by atoms with Gasteiger partial charge in [0.2, 0.25) is 0 Å². The number of fused-ring (bicyclic) bond motifs is 1. The molecule has 0 bridgehead atoms. The SMILES string of the molecule is Cc1cc(NC(C)(C)C2(c3ccc4c(c3)OC(F)(F)O4)CC2)nc(Cl)c1C. The van der Waals surface area contributed by atoms with Crippen molar-refractivity contribution in [2.24, 2.45) is 0 Å².